The van der Waals surface area contributed by atoms with Crippen molar-refractivity contribution in [3.63, 3.8) is 0 Å². The number of fused-ring (bicyclic) bond motifs is 1. The number of aryl methyl sites for hydroxylation is 3. The van der Waals surface area contributed by atoms with Crippen LogP contribution in [0.4, 0.5) is 5.69 Å². The Bertz CT molecular complexity index is 1250. The van der Waals surface area contributed by atoms with Crippen LogP contribution in [0.3, 0.4) is 0 Å². The third-order valence-electron chi connectivity index (χ3n) is 5.13. The molecule has 1 amide bonds. The normalized spacial score (nSPS) is 11.1. The number of carbonyl (C=O) groups excluding carboxylic acids is 1. The third kappa shape index (κ3) is 3.93. The number of benzene rings is 2. The summed E-state index contributed by atoms with van der Waals surface area (Å²) < 4.78 is 1.83. The Morgan fingerprint density at radius 3 is 2.70 bits per heavy atom. The highest BCUT2D eigenvalue weighted by atomic mass is 32.2. The first-order valence-corrected chi connectivity index (χ1v) is 10.7. The molecule has 1 N–H and O–H groups in total. The van der Waals surface area contributed by atoms with E-state index in [2.05, 4.69) is 46.4 Å². The van der Waals surface area contributed by atoms with Gasteiger partial charge in [-0.2, -0.15) is 5.10 Å². The lowest BCUT2D eigenvalue weighted by molar-refractivity contribution is -0.113. The Labute approximate surface area is 179 Å². The average Bonchev–Trinajstić information content (AvgIpc) is 3.14. The van der Waals surface area contributed by atoms with E-state index >= 15 is 0 Å². The fourth-order valence-corrected chi connectivity index (χ4v) is 4.12. The monoisotopic (exact) mass is 417 g/mol. The summed E-state index contributed by atoms with van der Waals surface area (Å²) in [6.07, 6.45) is 3.29. The van der Waals surface area contributed by atoms with Crippen LogP contribution in [-0.2, 0) is 4.79 Å². The van der Waals surface area contributed by atoms with E-state index in [9.17, 15) is 4.79 Å². The maximum Gasteiger partial charge on any atom is 0.234 e. The molecule has 2 heterocycles. The number of rotatable bonds is 5. The van der Waals surface area contributed by atoms with Gasteiger partial charge in [-0.15, -0.1) is 0 Å². The highest BCUT2D eigenvalue weighted by Crippen LogP contribution is 2.27. The number of aromatic nitrogens is 4. The standard InChI is InChI=1S/C23H23N5OS/c1-14-8-9-20(16(3)10-14)28-22-18(11-26-28)23(25-13-24-22)30-12-21(29)27-19-7-5-6-15(2)17(19)4/h5-11,13H,12H2,1-4H3,(H,27,29). The summed E-state index contributed by atoms with van der Waals surface area (Å²) in [7, 11) is 0. The summed E-state index contributed by atoms with van der Waals surface area (Å²) in [6, 6.07) is 12.1. The molecule has 0 unspecified atom stereocenters. The van der Waals surface area contributed by atoms with E-state index in [1.54, 1.807) is 6.20 Å². The zero-order valence-corrected chi connectivity index (χ0v) is 18.2. The molecule has 0 aliphatic carbocycles. The molecular formula is C23H23N5OS. The van der Waals surface area contributed by atoms with Crippen molar-refractivity contribution < 1.29 is 4.79 Å². The van der Waals surface area contributed by atoms with E-state index in [1.807, 2.05) is 42.8 Å². The molecule has 2 aromatic heterocycles. The molecule has 0 radical (unpaired) electrons. The van der Waals surface area contributed by atoms with Crippen molar-refractivity contribution in [1.82, 2.24) is 19.7 Å². The molecule has 0 bridgehead atoms. The number of nitrogens with zero attached hydrogens (tertiary/aromatic N) is 4. The van der Waals surface area contributed by atoms with Crippen molar-refractivity contribution in [1.29, 1.82) is 0 Å². The molecule has 0 aliphatic heterocycles. The molecule has 4 aromatic rings. The second-order valence-corrected chi connectivity index (χ2v) is 8.31. The molecule has 0 saturated carbocycles. The number of hydrogen-bond acceptors (Lipinski definition) is 5. The van der Waals surface area contributed by atoms with Crippen LogP contribution in [-0.4, -0.2) is 31.4 Å². The van der Waals surface area contributed by atoms with Gasteiger partial charge >= 0.3 is 0 Å². The maximum atomic E-state index is 12.5. The number of nitrogens with one attached hydrogen (secondary N) is 1. The van der Waals surface area contributed by atoms with Crippen LogP contribution in [0.25, 0.3) is 16.7 Å². The van der Waals surface area contributed by atoms with Crippen LogP contribution in [0.2, 0.25) is 0 Å². The number of amides is 1. The molecule has 7 heteroatoms. The molecule has 0 atom stereocenters. The lowest BCUT2D eigenvalue weighted by Gasteiger charge is -2.10. The maximum absolute atomic E-state index is 12.5. The molecule has 4 rings (SSSR count). The van der Waals surface area contributed by atoms with Gasteiger partial charge in [0, 0.05) is 5.69 Å². The summed E-state index contributed by atoms with van der Waals surface area (Å²) in [5, 5.41) is 9.10. The highest BCUT2D eigenvalue weighted by molar-refractivity contribution is 8.00. The van der Waals surface area contributed by atoms with Crippen LogP contribution < -0.4 is 5.32 Å². The molecule has 0 saturated heterocycles. The topological polar surface area (TPSA) is 72.7 Å². The van der Waals surface area contributed by atoms with Crippen LogP contribution in [0.1, 0.15) is 22.3 Å². The van der Waals surface area contributed by atoms with Gasteiger partial charge in [-0.25, -0.2) is 14.6 Å². The Balaban J connectivity index is 1.55. The molecule has 30 heavy (non-hydrogen) atoms. The van der Waals surface area contributed by atoms with Crippen LogP contribution in [0, 0.1) is 27.7 Å². The average molecular weight is 418 g/mol. The first kappa shape index (κ1) is 20.1. The molecule has 152 valence electrons. The molecule has 6 nitrogen and oxygen atoms in total. The highest BCUT2D eigenvalue weighted by Gasteiger charge is 2.14. The Hall–Kier alpha value is -3.19. The summed E-state index contributed by atoms with van der Waals surface area (Å²) >= 11 is 1.39. The van der Waals surface area contributed by atoms with Crippen LogP contribution in [0.15, 0.2) is 53.9 Å². The zero-order valence-electron chi connectivity index (χ0n) is 17.4. The predicted octanol–water partition coefficient (Wildman–Crippen LogP) is 4.78. The van der Waals surface area contributed by atoms with Crippen LogP contribution >= 0.6 is 11.8 Å². The molecule has 0 aliphatic rings. The Morgan fingerprint density at radius 1 is 1.07 bits per heavy atom. The minimum atomic E-state index is -0.0674. The van der Waals surface area contributed by atoms with Crippen molar-refractivity contribution in [3.05, 3.63) is 71.2 Å². The van der Waals surface area contributed by atoms with E-state index < -0.39 is 0 Å². The molecule has 0 spiro atoms. The van der Waals surface area contributed by atoms with Gasteiger partial charge in [0.25, 0.3) is 0 Å². The summed E-state index contributed by atoms with van der Waals surface area (Å²) in [5.74, 6) is 0.191. The van der Waals surface area contributed by atoms with Crippen LogP contribution in [0.5, 0.6) is 0 Å². The van der Waals surface area contributed by atoms with Gasteiger partial charge in [-0.05, 0) is 56.5 Å². The van der Waals surface area contributed by atoms with Crippen molar-refractivity contribution >= 4 is 34.4 Å². The van der Waals surface area contributed by atoms with E-state index in [-0.39, 0.29) is 11.7 Å². The minimum Gasteiger partial charge on any atom is -0.325 e. The van der Waals surface area contributed by atoms with Gasteiger partial charge in [0.1, 0.15) is 11.4 Å². The number of hydrogen-bond donors (Lipinski definition) is 1. The summed E-state index contributed by atoms with van der Waals surface area (Å²) in [5.41, 5.74) is 7.12. The van der Waals surface area contributed by atoms with Gasteiger partial charge in [0.2, 0.25) is 5.91 Å². The summed E-state index contributed by atoms with van der Waals surface area (Å²) in [6.45, 7) is 8.17. The van der Waals surface area contributed by atoms with E-state index in [1.165, 1.54) is 23.7 Å². The van der Waals surface area contributed by atoms with Crippen molar-refractivity contribution in [2.24, 2.45) is 0 Å². The number of carbonyl (C=O) groups is 1. The Kier molecular flexibility index (Phi) is 5.55. The number of thioether (sulfide) groups is 1. The van der Waals surface area contributed by atoms with E-state index in [4.69, 9.17) is 0 Å². The lowest BCUT2D eigenvalue weighted by Crippen LogP contribution is -2.15. The number of anilines is 1. The first-order chi connectivity index (χ1) is 14.4. The zero-order chi connectivity index (χ0) is 21.3. The predicted molar refractivity (Wildman–Crippen MR) is 121 cm³/mol. The smallest absolute Gasteiger partial charge is 0.234 e. The fourth-order valence-electron chi connectivity index (χ4n) is 3.36. The second-order valence-electron chi connectivity index (χ2n) is 7.35. The molecule has 0 fully saturated rings. The van der Waals surface area contributed by atoms with Gasteiger partial charge in [-0.1, -0.05) is 41.6 Å². The second kappa shape index (κ2) is 8.28. The molecular weight excluding hydrogens is 394 g/mol. The summed E-state index contributed by atoms with van der Waals surface area (Å²) in [4.78, 5) is 21.3. The van der Waals surface area contributed by atoms with E-state index in [0.29, 0.717) is 0 Å². The Morgan fingerprint density at radius 2 is 1.90 bits per heavy atom. The van der Waals surface area contributed by atoms with E-state index in [0.717, 1.165) is 44.1 Å². The van der Waals surface area contributed by atoms with Gasteiger partial charge in [0.15, 0.2) is 5.65 Å². The first-order valence-electron chi connectivity index (χ1n) is 9.69. The van der Waals surface area contributed by atoms with Gasteiger partial charge < -0.3 is 5.32 Å². The lowest BCUT2D eigenvalue weighted by atomic mass is 10.1. The van der Waals surface area contributed by atoms with Crippen molar-refractivity contribution in [2.75, 3.05) is 11.1 Å². The minimum absolute atomic E-state index is 0.0674. The largest absolute Gasteiger partial charge is 0.325 e. The quantitative estimate of drug-likeness (QED) is 0.374. The van der Waals surface area contributed by atoms with Crippen molar-refractivity contribution in [3.8, 4) is 5.69 Å². The SMILES string of the molecule is Cc1ccc(-n2ncc3c(SCC(=O)Nc4cccc(C)c4C)ncnc32)c(C)c1. The fraction of sp³-hybridized carbons (Fsp3) is 0.217. The van der Waals surface area contributed by atoms with Gasteiger partial charge in [-0.3, -0.25) is 4.79 Å². The van der Waals surface area contributed by atoms with Gasteiger partial charge in [0.05, 0.1) is 23.0 Å². The molecule has 2 aromatic carbocycles. The third-order valence-corrected chi connectivity index (χ3v) is 6.13. The van der Waals surface area contributed by atoms with Crippen molar-refractivity contribution in [2.45, 2.75) is 32.7 Å².